The van der Waals surface area contributed by atoms with Gasteiger partial charge in [0.05, 0.1) is 18.0 Å². The van der Waals surface area contributed by atoms with Gasteiger partial charge in [-0.15, -0.1) is 0 Å². The van der Waals surface area contributed by atoms with Gasteiger partial charge in [0, 0.05) is 12.0 Å². The number of nitrogens with zero attached hydrogens (tertiary/aromatic N) is 1. The van der Waals surface area contributed by atoms with Crippen LogP contribution in [0.5, 0.6) is 5.75 Å². The van der Waals surface area contributed by atoms with E-state index in [0.29, 0.717) is 12.1 Å². The molecule has 0 unspecified atom stereocenters. The SMILES string of the molecule is Cc1ccc2c(c1)OC(C)(C)C[C@@H]2NC(=O)CN(c1ccc(C)c(C)c1)S(C)(=O)=O. The Balaban J connectivity index is 1.85. The van der Waals surface area contributed by atoms with Crippen molar-refractivity contribution >= 4 is 21.6 Å². The standard InChI is InChI=1S/C23H30N2O4S/c1-15-7-10-19-20(13-23(4,5)29-21(19)11-15)24-22(26)14-25(30(6,27)28)18-9-8-16(2)17(3)12-18/h7-12,20H,13-14H2,1-6H3,(H,24,26)/t20-/m0/s1. The average Bonchev–Trinajstić information content (AvgIpc) is 2.60. The topological polar surface area (TPSA) is 75.7 Å². The highest BCUT2D eigenvalue weighted by atomic mass is 32.2. The Kier molecular flexibility index (Phi) is 5.87. The van der Waals surface area contributed by atoms with Gasteiger partial charge in [-0.05, 0) is 69.5 Å². The van der Waals surface area contributed by atoms with E-state index in [1.165, 1.54) is 0 Å². The van der Waals surface area contributed by atoms with Crippen molar-refractivity contribution in [3.63, 3.8) is 0 Å². The predicted molar refractivity (Wildman–Crippen MR) is 119 cm³/mol. The summed E-state index contributed by atoms with van der Waals surface area (Å²) in [7, 11) is -3.62. The number of fused-ring (bicyclic) bond motifs is 1. The lowest BCUT2D eigenvalue weighted by Gasteiger charge is -2.38. The first kappa shape index (κ1) is 22.2. The Labute approximate surface area is 179 Å². The predicted octanol–water partition coefficient (Wildman–Crippen LogP) is 3.80. The van der Waals surface area contributed by atoms with Crippen LogP contribution in [0.4, 0.5) is 5.69 Å². The summed E-state index contributed by atoms with van der Waals surface area (Å²) in [5.41, 5.74) is 4.06. The van der Waals surface area contributed by atoms with Gasteiger partial charge in [0.1, 0.15) is 17.9 Å². The van der Waals surface area contributed by atoms with Crippen LogP contribution in [0.1, 0.15) is 48.6 Å². The molecule has 0 fully saturated rings. The van der Waals surface area contributed by atoms with Crippen molar-refractivity contribution in [2.45, 2.75) is 52.7 Å². The van der Waals surface area contributed by atoms with E-state index in [9.17, 15) is 13.2 Å². The molecule has 2 aromatic carbocycles. The fourth-order valence-corrected chi connectivity index (χ4v) is 4.59. The monoisotopic (exact) mass is 430 g/mol. The highest BCUT2D eigenvalue weighted by Gasteiger charge is 2.35. The van der Waals surface area contributed by atoms with Gasteiger partial charge in [0.15, 0.2) is 0 Å². The van der Waals surface area contributed by atoms with Crippen LogP contribution in [0.25, 0.3) is 0 Å². The minimum Gasteiger partial charge on any atom is -0.487 e. The summed E-state index contributed by atoms with van der Waals surface area (Å²) < 4.78 is 32.1. The molecule has 1 aliphatic rings. The van der Waals surface area contributed by atoms with Crippen LogP contribution in [-0.4, -0.2) is 32.7 Å². The van der Waals surface area contributed by atoms with Crippen LogP contribution in [0.15, 0.2) is 36.4 Å². The Bertz CT molecular complexity index is 1080. The Morgan fingerprint density at radius 1 is 1.13 bits per heavy atom. The number of nitrogens with one attached hydrogen (secondary N) is 1. The summed E-state index contributed by atoms with van der Waals surface area (Å²) >= 11 is 0. The molecule has 1 aliphatic heterocycles. The summed E-state index contributed by atoms with van der Waals surface area (Å²) in [5.74, 6) is 0.401. The summed E-state index contributed by atoms with van der Waals surface area (Å²) in [6.45, 7) is 9.56. The number of carbonyl (C=O) groups is 1. The van der Waals surface area contributed by atoms with Gasteiger partial charge >= 0.3 is 0 Å². The van der Waals surface area contributed by atoms with Gasteiger partial charge in [-0.1, -0.05) is 18.2 Å². The molecule has 0 saturated carbocycles. The molecule has 0 spiro atoms. The summed E-state index contributed by atoms with van der Waals surface area (Å²) in [4.78, 5) is 12.9. The maximum atomic E-state index is 12.9. The Morgan fingerprint density at radius 3 is 2.47 bits per heavy atom. The third-order valence-electron chi connectivity index (χ3n) is 5.43. The first-order chi connectivity index (χ1) is 13.9. The van der Waals surface area contributed by atoms with Gasteiger partial charge in [0.2, 0.25) is 15.9 Å². The second-order valence-corrected chi connectivity index (χ2v) is 10.7. The molecule has 30 heavy (non-hydrogen) atoms. The fraction of sp³-hybridized carbons (Fsp3) is 0.435. The van der Waals surface area contributed by atoms with Crippen LogP contribution in [0, 0.1) is 20.8 Å². The van der Waals surface area contributed by atoms with Crippen molar-refractivity contribution in [2.75, 3.05) is 17.1 Å². The summed E-state index contributed by atoms with van der Waals surface area (Å²) in [5, 5.41) is 3.02. The smallest absolute Gasteiger partial charge is 0.241 e. The number of rotatable bonds is 5. The van der Waals surface area contributed by atoms with Crippen LogP contribution in [0.2, 0.25) is 0 Å². The molecule has 1 atom stereocenters. The van der Waals surface area contributed by atoms with Crippen molar-refractivity contribution in [3.05, 3.63) is 58.7 Å². The van der Waals surface area contributed by atoms with Crippen LogP contribution in [0.3, 0.4) is 0 Å². The molecule has 6 nitrogen and oxygen atoms in total. The molecule has 0 aliphatic carbocycles. The van der Waals surface area contributed by atoms with Crippen molar-refractivity contribution in [3.8, 4) is 5.75 Å². The van der Waals surface area contributed by atoms with Crippen molar-refractivity contribution in [1.29, 1.82) is 0 Å². The number of aryl methyl sites for hydroxylation is 3. The number of carbonyl (C=O) groups excluding carboxylic acids is 1. The number of amides is 1. The number of hydrogen-bond donors (Lipinski definition) is 1. The minimum absolute atomic E-state index is 0.252. The van der Waals surface area contributed by atoms with E-state index in [0.717, 1.165) is 38.6 Å². The molecule has 1 heterocycles. The highest BCUT2D eigenvalue weighted by molar-refractivity contribution is 7.92. The number of benzene rings is 2. The number of sulfonamides is 1. The average molecular weight is 431 g/mol. The maximum Gasteiger partial charge on any atom is 0.241 e. The van der Waals surface area contributed by atoms with Gasteiger partial charge in [0.25, 0.3) is 0 Å². The van der Waals surface area contributed by atoms with Crippen molar-refractivity contribution in [1.82, 2.24) is 5.32 Å². The number of hydrogen-bond acceptors (Lipinski definition) is 4. The van der Waals surface area contributed by atoms with Gasteiger partial charge in [-0.3, -0.25) is 9.10 Å². The van der Waals surface area contributed by atoms with E-state index < -0.39 is 15.6 Å². The van der Waals surface area contributed by atoms with E-state index in [1.54, 1.807) is 12.1 Å². The fourth-order valence-electron chi connectivity index (χ4n) is 3.74. The third kappa shape index (κ3) is 4.95. The number of anilines is 1. The largest absolute Gasteiger partial charge is 0.487 e. The first-order valence-corrected chi connectivity index (χ1v) is 11.8. The molecular weight excluding hydrogens is 400 g/mol. The zero-order chi connectivity index (χ0) is 22.3. The lowest BCUT2D eigenvalue weighted by atomic mass is 9.89. The molecular formula is C23H30N2O4S. The number of ether oxygens (including phenoxy) is 1. The van der Waals surface area contributed by atoms with Crippen LogP contribution < -0.4 is 14.4 Å². The minimum atomic E-state index is -3.62. The quantitative estimate of drug-likeness (QED) is 0.783. The second-order valence-electron chi connectivity index (χ2n) is 8.77. The van der Waals surface area contributed by atoms with Gasteiger partial charge < -0.3 is 10.1 Å². The Hall–Kier alpha value is -2.54. The lowest BCUT2D eigenvalue weighted by Crippen LogP contribution is -2.45. The lowest BCUT2D eigenvalue weighted by molar-refractivity contribution is -0.120. The Morgan fingerprint density at radius 2 is 1.83 bits per heavy atom. The molecule has 3 rings (SSSR count). The zero-order valence-electron chi connectivity index (χ0n) is 18.4. The van der Waals surface area contributed by atoms with E-state index in [1.807, 2.05) is 58.9 Å². The van der Waals surface area contributed by atoms with E-state index in [-0.39, 0.29) is 18.5 Å². The van der Waals surface area contributed by atoms with E-state index in [4.69, 9.17) is 4.74 Å². The van der Waals surface area contributed by atoms with E-state index >= 15 is 0 Å². The molecule has 1 amide bonds. The molecule has 0 saturated heterocycles. The highest BCUT2D eigenvalue weighted by Crippen LogP contribution is 2.39. The van der Waals surface area contributed by atoms with Gasteiger partial charge in [-0.2, -0.15) is 0 Å². The molecule has 2 aromatic rings. The van der Waals surface area contributed by atoms with Crippen molar-refractivity contribution < 1.29 is 17.9 Å². The second kappa shape index (κ2) is 7.95. The first-order valence-electron chi connectivity index (χ1n) is 10.00. The molecule has 1 N–H and O–H groups in total. The van der Waals surface area contributed by atoms with Crippen molar-refractivity contribution in [2.24, 2.45) is 0 Å². The van der Waals surface area contributed by atoms with Crippen LogP contribution in [-0.2, 0) is 14.8 Å². The molecule has 0 radical (unpaired) electrons. The molecule has 7 heteroatoms. The van der Waals surface area contributed by atoms with E-state index in [2.05, 4.69) is 5.32 Å². The zero-order valence-corrected chi connectivity index (χ0v) is 19.3. The molecule has 0 bridgehead atoms. The molecule has 162 valence electrons. The maximum absolute atomic E-state index is 12.9. The summed E-state index contributed by atoms with van der Waals surface area (Å²) in [6, 6.07) is 11.0. The van der Waals surface area contributed by atoms with Crippen LogP contribution >= 0.6 is 0 Å². The normalized spacial score (nSPS) is 17.6. The summed E-state index contributed by atoms with van der Waals surface area (Å²) in [6.07, 6.45) is 1.71. The van der Waals surface area contributed by atoms with Gasteiger partial charge in [-0.25, -0.2) is 8.42 Å². The molecule has 0 aromatic heterocycles. The third-order valence-corrected chi connectivity index (χ3v) is 6.57.